The second-order valence-electron chi connectivity index (χ2n) is 5.14. The van der Waals surface area contributed by atoms with E-state index < -0.39 is 5.54 Å². The molecule has 2 N–H and O–H groups in total. The van der Waals surface area contributed by atoms with Crippen molar-refractivity contribution >= 4 is 5.91 Å². The quantitative estimate of drug-likeness (QED) is 0.835. The third-order valence-electron chi connectivity index (χ3n) is 2.47. The van der Waals surface area contributed by atoms with E-state index in [9.17, 15) is 4.79 Å². The van der Waals surface area contributed by atoms with Gasteiger partial charge in [-0.2, -0.15) is 0 Å². The highest BCUT2D eigenvalue weighted by molar-refractivity contribution is 5.77. The van der Waals surface area contributed by atoms with Crippen LogP contribution in [0.15, 0.2) is 30.3 Å². The molecule has 1 amide bonds. The Morgan fingerprint density at radius 1 is 1.33 bits per heavy atom. The fraction of sp³-hybridized carbons (Fsp3) is 0.500. The fourth-order valence-corrected chi connectivity index (χ4v) is 1.47. The molecule has 0 saturated carbocycles. The standard InChI is InChI=1S/C14H22N2O2/c1-14(2,15)11-13(17)16(3)9-10-18-12-7-5-4-6-8-12/h4-8H,9-11,15H2,1-3H3. The number of nitrogens with zero attached hydrogens (tertiary/aromatic N) is 1. The SMILES string of the molecule is CN(CCOc1ccccc1)C(=O)CC(C)(C)N. The van der Waals surface area contributed by atoms with Crippen LogP contribution in [-0.4, -0.2) is 36.5 Å². The van der Waals surface area contributed by atoms with E-state index in [0.717, 1.165) is 5.75 Å². The minimum atomic E-state index is -0.467. The van der Waals surface area contributed by atoms with E-state index in [0.29, 0.717) is 19.6 Å². The van der Waals surface area contributed by atoms with Crippen LogP contribution in [0.4, 0.5) is 0 Å². The maximum atomic E-state index is 11.8. The van der Waals surface area contributed by atoms with E-state index >= 15 is 0 Å². The molecule has 0 unspecified atom stereocenters. The molecule has 1 rings (SSSR count). The fourth-order valence-electron chi connectivity index (χ4n) is 1.47. The molecule has 0 saturated heterocycles. The first-order valence-corrected chi connectivity index (χ1v) is 6.09. The van der Waals surface area contributed by atoms with Crippen molar-refractivity contribution < 1.29 is 9.53 Å². The lowest BCUT2D eigenvalue weighted by Gasteiger charge is -2.23. The van der Waals surface area contributed by atoms with Gasteiger partial charge in [-0.15, -0.1) is 0 Å². The van der Waals surface area contributed by atoms with E-state index in [1.807, 2.05) is 44.2 Å². The molecule has 0 atom stereocenters. The lowest BCUT2D eigenvalue weighted by Crippen LogP contribution is -2.40. The molecule has 0 spiro atoms. The number of amides is 1. The smallest absolute Gasteiger partial charge is 0.224 e. The molecule has 18 heavy (non-hydrogen) atoms. The number of para-hydroxylation sites is 1. The highest BCUT2D eigenvalue weighted by Gasteiger charge is 2.19. The highest BCUT2D eigenvalue weighted by Crippen LogP contribution is 2.09. The second kappa shape index (κ2) is 6.40. The van der Waals surface area contributed by atoms with Crippen LogP contribution >= 0.6 is 0 Å². The third-order valence-corrected chi connectivity index (χ3v) is 2.47. The van der Waals surface area contributed by atoms with Crippen LogP contribution in [0.25, 0.3) is 0 Å². The summed E-state index contributed by atoms with van der Waals surface area (Å²) in [7, 11) is 1.77. The van der Waals surface area contributed by atoms with Gasteiger partial charge in [0, 0.05) is 19.0 Å². The van der Waals surface area contributed by atoms with Gasteiger partial charge in [0.15, 0.2) is 0 Å². The summed E-state index contributed by atoms with van der Waals surface area (Å²) in [5.74, 6) is 0.858. The Labute approximate surface area is 109 Å². The van der Waals surface area contributed by atoms with Gasteiger partial charge >= 0.3 is 0 Å². The minimum absolute atomic E-state index is 0.0409. The Kier molecular flexibility index (Phi) is 5.16. The van der Waals surface area contributed by atoms with Crippen molar-refractivity contribution in [1.82, 2.24) is 4.90 Å². The van der Waals surface area contributed by atoms with Crippen molar-refractivity contribution in [2.75, 3.05) is 20.2 Å². The van der Waals surface area contributed by atoms with Crippen LogP contribution in [0.2, 0.25) is 0 Å². The summed E-state index contributed by atoms with van der Waals surface area (Å²) in [6.07, 6.45) is 0.342. The first-order chi connectivity index (χ1) is 8.38. The Bertz CT molecular complexity index is 371. The molecule has 0 fully saturated rings. The van der Waals surface area contributed by atoms with Crippen LogP contribution < -0.4 is 10.5 Å². The van der Waals surface area contributed by atoms with Gasteiger partial charge in [-0.25, -0.2) is 0 Å². The number of hydrogen-bond acceptors (Lipinski definition) is 3. The van der Waals surface area contributed by atoms with Gasteiger partial charge in [-0.1, -0.05) is 18.2 Å². The van der Waals surface area contributed by atoms with E-state index in [1.54, 1.807) is 11.9 Å². The number of rotatable bonds is 6. The van der Waals surface area contributed by atoms with Crippen molar-refractivity contribution in [2.45, 2.75) is 25.8 Å². The monoisotopic (exact) mass is 250 g/mol. The number of likely N-dealkylation sites (N-methyl/N-ethyl adjacent to an activating group) is 1. The number of nitrogens with two attached hydrogens (primary N) is 1. The average molecular weight is 250 g/mol. The van der Waals surface area contributed by atoms with Crippen molar-refractivity contribution in [2.24, 2.45) is 5.73 Å². The third kappa shape index (κ3) is 5.68. The van der Waals surface area contributed by atoms with Gasteiger partial charge in [0.25, 0.3) is 0 Å². The number of benzene rings is 1. The first-order valence-electron chi connectivity index (χ1n) is 6.09. The molecule has 0 aliphatic heterocycles. The van der Waals surface area contributed by atoms with Crippen molar-refractivity contribution in [3.05, 3.63) is 30.3 Å². The van der Waals surface area contributed by atoms with Gasteiger partial charge in [0.05, 0.1) is 6.54 Å². The summed E-state index contributed by atoms with van der Waals surface area (Å²) in [4.78, 5) is 13.4. The van der Waals surface area contributed by atoms with Crippen molar-refractivity contribution in [3.63, 3.8) is 0 Å². The maximum Gasteiger partial charge on any atom is 0.224 e. The normalized spacial score (nSPS) is 11.1. The molecule has 0 bridgehead atoms. The molecule has 4 heteroatoms. The molecule has 4 nitrogen and oxygen atoms in total. The summed E-state index contributed by atoms with van der Waals surface area (Å²) in [5, 5.41) is 0. The topological polar surface area (TPSA) is 55.6 Å². The summed E-state index contributed by atoms with van der Waals surface area (Å²) in [5.41, 5.74) is 5.35. The molecule has 1 aromatic carbocycles. The summed E-state index contributed by atoms with van der Waals surface area (Å²) >= 11 is 0. The zero-order chi connectivity index (χ0) is 13.6. The Hall–Kier alpha value is -1.55. The number of carbonyl (C=O) groups is 1. The van der Waals surface area contributed by atoms with Crippen LogP contribution in [0, 0.1) is 0 Å². The zero-order valence-electron chi connectivity index (χ0n) is 11.3. The Morgan fingerprint density at radius 3 is 2.50 bits per heavy atom. The number of ether oxygens (including phenoxy) is 1. The largest absolute Gasteiger partial charge is 0.492 e. The summed E-state index contributed by atoms with van der Waals surface area (Å²) < 4.78 is 5.53. The van der Waals surface area contributed by atoms with Gasteiger partial charge in [0.1, 0.15) is 12.4 Å². The zero-order valence-corrected chi connectivity index (χ0v) is 11.3. The Balaban J connectivity index is 2.29. The lowest BCUT2D eigenvalue weighted by molar-refractivity contribution is -0.131. The molecule has 0 aliphatic carbocycles. The molecular weight excluding hydrogens is 228 g/mol. The van der Waals surface area contributed by atoms with E-state index in [2.05, 4.69) is 0 Å². The molecular formula is C14H22N2O2. The second-order valence-corrected chi connectivity index (χ2v) is 5.14. The van der Waals surface area contributed by atoms with Gasteiger partial charge in [-0.05, 0) is 26.0 Å². The summed E-state index contributed by atoms with van der Waals surface area (Å²) in [6, 6.07) is 9.56. The van der Waals surface area contributed by atoms with Crippen LogP contribution in [0.3, 0.4) is 0 Å². The predicted octanol–water partition coefficient (Wildman–Crippen LogP) is 1.65. The minimum Gasteiger partial charge on any atom is -0.492 e. The van der Waals surface area contributed by atoms with Gasteiger partial charge in [0.2, 0.25) is 5.91 Å². The first kappa shape index (κ1) is 14.5. The molecule has 0 aliphatic rings. The number of hydrogen-bond donors (Lipinski definition) is 1. The molecule has 0 aromatic heterocycles. The number of carbonyl (C=O) groups excluding carboxylic acids is 1. The Morgan fingerprint density at radius 2 is 1.94 bits per heavy atom. The highest BCUT2D eigenvalue weighted by atomic mass is 16.5. The molecule has 1 aromatic rings. The van der Waals surface area contributed by atoms with E-state index in [4.69, 9.17) is 10.5 Å². The lowest BCUT2D eigenvalue weighted by atomic mass is 10.0. The molecule has 0 heterocycles. The van der Waals surface area contributed by atoms with Crippen LogP contribution in [-0.2, 0) is 4.79 Å². The van der Waals surface area contributed by atoms with Crippen molar-refractivity contribution in [3.8, 4) is 5.75 Å². The van der Waals surface area contributed by atoms with Crippen LogP contribution in [0.1, 0.15) is 20.3 Å². The van der Waals surface area contributed by atoms with E-state index in [1.165, 1.54) is 0 Å². The van der Waals surface area contributed by atoms with E-state index in [-0.39, 0.29) is 5.91 Å². The maximum absolute atomic E-state index is 11.8. The predicted molar refractivity (Wildman–Crippen MR) is 72.5 cm³/mol. The van der Waals surface area contributed by atoms with Crippen LogP contribution in [0.5, 0.6) is 5.75 Å². The molecule has 0 radical (unpaired) electrons. The summed E-state index contributed by atoms with van der Waals surface area (Å²) in [6.45, 7) is 4.74. The molecule has 100 valence electrons. The van der Waals surface area contributed by atoms with Gasteiger partial charge < -0.3 is 15.4 Å². The van der Waals surface area contributed by atoms with Gasteiger partial charge in [-0.3, -0.25) is 4.79 Å². The van der Waals surface area contributed by atoms with Crippen molar-refractivity contribution in [1.29, 1.82) is 0 Å². The average Bonchev–Trinajstić information content (AvgIpc) is 2.28.